The zero-order valence-corrected chi connectivity index (χ0v) is 18.9. The molecule has 4 aromatic rings. The summed E-state index contributed by atoms with van der Waals surface area (Å²) in [5, 5.41) is 4.05. The molecule has 9 nitrogen and oxygen atoms in total. The number of hydrogen-bond acceptors (Lipinski definition) is 6. The molecule has 10 heteroatoms. The van der Waals surface area contributed by atoms with Crippen LogP contribution in [0.5, 0.6) is 0 Å². The molecular formula is C22H25N5O4S. The first-order valence-electron chi connectivity index (χ1n) is 10.4. The fraction of sp³-hybridized carbons (Fsp3) is 0.318. The van der Waals surface area contributed by atoms with Gasteiger partial charge in [0.1, 0.15) is 6.04 Å². The number of sulfonamides is 1. The summed E-state index contributed by atoms with van der Waals surface area (Å²) in [5.74, 6) is 0.353. The largest absolute Gasteiger partial charge is 0.337 e. The molecule has 2 aromatic heterocycles. The first-order valence-corrected chi connectivity index (χ1v) is 11.9. The van der Waals surface area contributed by atoms with E-state index < -0.39 is 16.1 Å². The van der Waals surface area contributed by atoms with E-state index in [1.165, 1.54) is 12.1 Å². The average molecular weight is 456 g/mol. The summed E-state index contributed by atoms with van der Waals surface area (Å²) in [6.07, 6.45) is 0.846. The van der Waals surface area contributed by atoms with Gasteiger partial charge in [0, 0.05) is 12.1 Å². The highest BCUT2D eigenvalue weighted by atomic mass is 32.2. The summed E-state index contributed by atoms with van der Waals surface area (Å²) in [7, 11) is -3.76. The van der Waals surface area contributed by atoms with E-state index in [4.69, 9.17) is 4.52 Å². The molecular weight excluding hydrogens is 430 g/mol. The van der Waals surface area contributed by atoms with Crippen LogP contribution in [0.2, 0.25) is 0 Å². The van der Waals surface area contributed by atoms with Crippen LogP contribution in [0.25, 0.3) is 22.4 Å². The van der Waals surface area contributed by atoms with E-state index in [2.05, 4.69) is 19.8 Å². The van der Waals surface area contributed by atoms with E-state index in [1.54, 1.807) is 28.8 Å². The SMILES string of the molecule is CCCn1c(=O)[nH]c2cc(-c3noc([C@H](NS(=O)(=O)c4ccccc4)C(C)C)n3)ccc21. The molecule has 0 aliphatic rings. The van der Waals surface area contributed by atoms with E-state index in [0.29, 0.717) is 23.4 Å². The molecule has 0 unspecified atom stereocenters. The Bertz CT molecular complexity index is 1390. The third-order valence-electron chi connectivity index (χ3n) is 5.19. The highest BCUT2D eigenvalue weighted by Crippen LogP contribution is 2.27. The number of imidazole rings is 1. The molecule has 0 saturated heterocycles. The molecule has 0 bridgehead atoms. The van der Waals surface area contributed by atoms with Gasteiger partial charge >= 0.3 is 5.69 Å². The van der Waals surface area contributed by atoms with E-state index in [9.17, 15) is 13.2 Å². The molecule has 32 heavy (non-hydrogen) atoms. The fourth-order valence-electron chi connectivity index (χ4n) is 3.53. The zero-order valence-electron chi connectivity index (χ0n) is 18.1. The molecule has 0 fully saturated rings. The van der Waals surface area contributed by atoms with Crippen LogP contribution in [-0.2, 0) is 16.6 Å². The summed E-state index contributed by atoms with van der Waals surface area (Å²) < 4.78 is 35.4. The van der Waals surface area contributed by atoms with Gasteiger partial charge in [0.25, 0.3) is 0 Å². The zero-order chi connectivity index (χ0) is 22.9. The second kappa shape index (κ2) is 8.71. The maximum absolute atomic E-state index is 12.8. The molecule has 1 atom stereocenters. The number of aromatic amines is 1. The van der Waals surface area contributed by atoms with Crippen molar-refractivity contribution in [1.82, 2.24) is 24.4 Å². The van der Waals surface area contributed by atoms with Crippen molar-refractivity contribution in [1.29, 1.82) is 0 Å². The molecule has 0 spiro atoms. The Kier molecular flexibility index (Phi) is 5.98. The van der Waals surface area contributed by atoms with Gasteiger partial charge in [0.2, 0.25) is 21.7 Å². The maximum atomic E-state index is 12.8. The highest BCUT2D eigenvalue weighted by Gasteiger charge is 2.28. The molecule has 0 aliphatic heterocycles. The fourth-order valence-corrected chi connectivity index (χ4v) is 4.89. The number of H-pyrrole nitrogens is 1. The number of rotatable bonds is 8. The lowest BCUT2D eigenvalue weighted by Crippen LogP contribution is -2.32. The van der Waals surface area contributed by atoms with Crippen molar-refractivity contribution in [2.75, 3.05) is 0 Å². The minimum Gasteiger partial charge on any atom is -0.337 e. The summed E-state index contributed by atoms with van der Waals surface area (Å²) >= 11 is 0. The van der Waals surface area contributed by atoms with Gasteiger partial charge in [0.05, 0.1) is 15.9 Å². The van der Waals surface area contributed by atoms with Crippen LogP contribution in [0.3, 0.4) is 0 Å². The van der Waals surface area contributed by atoms with Gasteiger partial charge in [-0.25, -0.2) is 13.2 Å². The second-order valence-electron chi connectivity index (χ2n) is 7.93. The van der Waals surface area contributed by atoms with Gasteiger partial charge in [-0.2, -0.15) is 9.71 Å². The van der Waals surface area contributed by atoms with Crippen LogP contribution in [0, 0.1) is 5.92 Å². The molecule has 2 N–H and O–H groups in total. The quantitative estimate of drug-likeness (QED) is 0.419. The summed E-state index contributed by atoms with van der Waals surface area (Å²) in [5.41, 5.74) is 1.98. The molecule has 2 heterocycles. The Balaban J connectivity index is 1.65. The standard InChI is InChI=1S/C22H25N5O4S/c1-4-12-27-18-11-10-15(13-17(18)23-22(27)28)20-24-21(31-25-20)19(14(2)3)26-32(29,30)16-8-6-5-7-9-16/h5-11,13-14,19,26H,4,12H2,1-3H3,(H,23,28)/t19-/m1/s1. The Morgan fingerprint density at radius 3 is 2.59 bits per heavy atom. The number of nitrogens with zero attached hydrogens (tertiary/aromatic N) is 3. The third-order valence-corrected chi connectivity index (χ3v) is 6.65. The smallest absolute Gasteiger partial charge is 0.326 e. The third kappa shape index (κ3) is 4.23. The lowest BCUT2D eigenvalue weighted by Gasteiger charge is -2.18. The molecule has 2 aromatic carbocycles. The highest BCUT2D eigenvalue weighted by molar-refractivity contribution is 7.89. The van der Waals surface area contributed by atoms with E-state index in [1.807, 2.05) is 32.9 Å². The van der Waals surface area contributed by atoms with Gasteiger partial charge in [-0.3, -0.25) is 4.57 Å². The number of nitrogens with one attached hydrogen (secondary N) is 2. The van der Waals surface area contributed by atoms with Crippen molar-refractivity contribution in [3.63, 3.8) is 0 Å². The maximum Gasteiger partial charge on any atom is 0.326 e. The molecule has 4 rings (SSSR count). The first-order chi connectivity index (χ1) is 15.3. The van der Waals surface area contributed by atoms with E-state index >= 15 is 0 Å². The van der Waals surface area contributed by atoms with Crippen molar-refractivity contribution < 1.29 is 12.9 Å². The predicted octanol–water partition coefficient (Wildman–Crippen LogP) is 3.47. The number of fused-ring (bicyclic) bond motifs is 1. The van der Waals surface area contributed by atoms with E-state index in [-0.39, 0.29) is 22.4 Å². The van der Waals surface area contributed by atoms with Crippen molar-refractivity contribution in [2.24, 2.45) is 5.92 Å². The Morgan fingerprint density at radius 1 is 1.16 bits per heavy atom. The minimum atomic E-state index is -3.76. The second-order valence-corrected chi connectivity index (χ2v) is 9.64. The number of aryl methyl sites for hydroxylation is 1. The van der Waals surface area contributed by atoms with Crippen molar-refractivity contribution in [3.8, 4) is 11.4 Å². The van der Waals surface area contributed by atoms with E-state index in [0.717, 1.165) is 11.9 Å². The molecule has 168 valence electrons. The van der Waals surface area contributed by atoms with Crippen LogP contribution in [0.15, 0.2) is 62.7 Å². The van der Waals surface area contributed by atoms with Crippen LogP contribution in [0.4, 0.5) is 0 Å². The van der Waals surface area contributed by atoms with Crippen LogP contribution < -0.4 is 10.4 Å². The van der Waals surface area contributed by atoms with Gasteiger partial charge in [-0.15, -0.1) is 0 Å². The summed E-state index contributed by atoms with van der Waals surface area (Å²) in [4.78, 5) is 19.6. The summed E-state index contributed by atoms with van der Waals surface area (Å²) in [6, 6.07) is 12.9. The molecule has 0 radical (unpaired) electrons. The molecule has 0 saturated carbocycles. The van der Waals surface area contributed by atoms with Crippen LogP contribution >= 0.6 is 0 Å². The van der Waals surface area contributed by atoms with Crippen molar-refractivity contribution in [3.05, 3.63) is 64.9 Å². The predicted molar refractivity (Wildman–Crippen MR) is 120 cm³/mol. The monoisotopic (exact) mass is 455 g/mol. The lowest BCUT2D eigenvalue weighted by molar-refractivity contribution is 0.311. The lowest BCUT2D eigenvalue weighted by atomic mass is 10.1. The van der Waals surface area contributed by atoms with Crippen LogP contribution in [-0.4, -0.2) is 28.1 Å². The Morgan fingerprint density at radius 2 is 1.91 bits per heavy atom. The van der Waals surface area contributed by atoms with Gasteiger partial charge < -0.3 is 9.51 Å². The topological polar surface area (TPSA) is 123 Å². The average Bonchev–Trinajstić information content (AvgIpc) is 3.37. The number of hydrogen-bond donors (Lipinski definition) is 2. The Hall–Kier alpha value is -3.24. The van der Waals surface area contributed by atoms with Crippen molar-refractivity contribution in [2.45, 2.75) is 44.7 Å². The number of aromatic nitrogens is 4. The van der Waals surface area contributed by atoms with Crippen molar-refractivity contribution >= 4 is 21.1 Å². The van der Waals surface area contributed by atoms with Gasteiger partial charge in [-0.05, 0) is 42.7 Å². The molecule has 0 aliphatic carbocycles. The minimum absolute atomic E-state index is 0.135. The first kappa shape index (κ1) is 22.0. The van der Waals surface area contributed by atoms with Crippen LogP contribution in [0.1, 0.15) is 39.1 Å². The normalized spacial score (nSPS) is 13.1. The van der Waals surface area contributed by atoms with Gasteiger partial charge in [-0.1, -0.05) is 44.1 Å². The van der Waals surface area contributed by atoms with Gasteiger partial charge in [0.15, 0.2) is 0 Å². The molecule has 0 amide bonds. The number of benzene rings is 2. The Labute approximate surface area is 185 Å². The summed E-state index contributed by atoms with van der Waals surface area (Å²) in [6.45, 7) is 6.38.